The Kier molecular flexibility index (Phi) is 19.0. The molecule has 0 radical (unpaired) electrons. The zero-order valence-corrected chi connectivity index (χ0v) is 26.0. The zero-order valence-electron chi connectivity index (χ0n) is 24.4. The van der Waals surface area contributed by atoms with Crippen LogP contribution in [0.1, 0.15) is 73.5 Å². The Morgan fingerprint density at radius 3 is 1.91 bits per heavy atom. The molecule has 0 amide bonds. The van der Waals surface area contributed by atoms with Crippen molar-refractivity contribution in [3.8, 4) is 0 Å². The monoisotopic (exact) mass is 684 g/mol. The van der Waals surface area contributed by atoms with Crippen molar-refractivity contribution in [1.82, 2.24) is 0 Å². The van der Waals surface area contributed by atoms with Crippen molar-refractivity contribution in [2.24, 2.45) is 17.7 Å². The van der Waals surface area contributed by atoms with Gasteiger partial charge < -0.3 is 15.8 Å². The SMILES string of the molecule is C.C.C.Cc1ccc(C2Nc3ccc(SOON)cc3C3OCCC23)cc1.Cc1ccc(C=O)cc1.NOOSc1ccc(N)cc1. The quantitative estimate of drug-likeness (QED) is 0.0461. The Morgan fingerprint density at radius 1 is 0.787 bits per heavy atom. The van der Waals surface area contributed by atoms with Crippen LogP contribution in [0.25, 0.3) is 0 Å². The highest BCUT2D eigenvalue weighted by molar-refractivity contribution is 7.94. The van der Waals surface area contributed by atoms with Gasteiger partial charge in [0.1, 0.15) is 6.29 Å². The largest absolute Gasteiger partial charge is 0.399 e. The van der Waals surface area contributed by atoms with E-state index in [0.29, 0.717) is 11.6 Å². The molecular formula is C35H48N4O6S2. The Hall–Kier alpha value is -3.43. The number of aryl methyl sites for hydroxylation is 2. The van der Waals surface area contributed by atoms with Crippen LogP contribution in [-0.4, -0.2) is 12.9 Å². The summed E-state index contributed by atoms with van der Waals surface area (Å²) in [5, 5.41) is 3.70. The van der Waals surface area contributed by atoms with E-state index in [1.165, 1.54) is 22.3 Å². The lowest BCUT2D eigenvalue weighted by atomic mass is 9.81. The van der Waals surface area contributed by atoms with Gasteiger partial charge in [0.05, 0.1) is 36.2 Å². The molecule has 2 aliphatic heterocycles. The van der Waals surface area contributed by atoms with E-state index in [1.807, 2.05) is 37.3 Å². The maximum absolute atomic E-state index is 10.1. The van der Waals surface area contributed by atoms with Crippen molar-refractivity contribution in [3.63, 3.8) is 0 Å². The first-order valence-electron chi connectivity index (χ1n) is 13.8. The summed E-state index contributed by atoms with van der Waals surface area (Å²) in [5.41, 5.74) is 12.9. The molecule has 1 saturated heterocycles. The summed E-state index contributed by atoms with van der Waals surface area (Å²) >= 11 is 2.12. The van der Waals surface area contributed by atoms with Gasteiger partial charge in [-0.2, -0.15) is 11.8 Å². The molecule has 256 valence electrons. The summed E-state index contributed by atoms with van der Waals surface area (Å²) in [5.74, 6) is 9.97. The van der Waals surface area contributed by atoms with Crippen molar-refractivity contribution >= 4 is 41.7 Å². The number of nitrogens with one attached hydrogen (secondary N) is 1. The number of carbonyl (C=O) groups is 1. The van der Waals surface area contributed by atoms with Gasteiger partial charge in [-0.1, -0.05) is 81.9 Å². The molecule has 1 fully saturated rings. The van der Waals surface area contributed by atoms with E-state index >= 15 is 0 Å². The third-order valence-corrected chi connectivity index (χ3v) is 8.28. The third kappa shape index (κ3) is 12.3. The van der Waals surface area contributed by atoms with Gasteiger partial charge in [-0.3, -0.25) is 4.79 Å². The molecule has 47 heavy (non-hydrogen) atoms. The molecule has 0 spiro atoms. The van der Waals surface area contributed by atoms with Crippen LogP contribution < -0.4 is 22.8 Å². The minimum atomic E-state index is 0. The molecule has 3 atom stereocenters. The van der Waals surface area contributed by atoms with Crippen LogP contribution in [0.4, 0.5) is 11.4 Å². The summed E-state index contributed by atoms with van der Waals surface area (Å²) in [6.07, 6.45) is 2.00. The van der Waals surface area contributed by atoms with E-state index in [2.05, 4.69) is 68.8 Å². The molecule has 0 aliphatic carbocycles. The fourth-order valence-electron chi connectivity index (χ4n) is 4.89. The van der Waals surface area contributed by atoms with Crippen molar-refractivity contribution < 1.29 is 28.2 Å². The van der Waals surface area contributed by atoms with E-state index in [0.717, 1.165) is 64.4 Å². The molecule has 2 aliphatic rings. The summed E-state index contributed by atoms with van der Waals surface area (Å²) in [7, 11) is 0. The van der Waals surface area contributed by atoms with Crippen LogP contribution in [0.15, 0.2) is 101 Å². The second-order valence-electron chi connectivity index (χ2n) is 10.1. The van der Waals surface area contributed by atoms with Gasteiger partial charge in [-0.05, 0) is 68.3 Å². The number of nitrogens with two attached hydrogens (primary N) is 3. The molecule has 12 heteroatoms. The van der Waals surface area contributed by atoms with Gasteiger partial charge in [0.2, 0.25) is 0 Å². The number of carbonyl (C=O) groups excluding carboxylic acids is 1. The van der Waals surface area contributed by atoms with Crippen LogP contribution in [0.2, 0.25) is 0 Å². The fraction of sp³-hybridized carbons (Fsp3) is 0.286. The number of nitrogen functional groups attached to an aromatic ring is 1. The molecule has 0 saturated carbocycles. The van der Waals surface area contributed by atoms with Crippen LogP contribution in [0.3, 0.4) is 0 Å². The molecule has 0 aromatic heterocycles. The lowest BCUT2D eigenvalue weighted by Crippen LogP contribution is -2.29. The minimum absolute atomic E-state index is 0. The molecule has 3 unspecified atom stereocenters. The second kappa shape index (κ2) is 21.4. The van der Waals surface area contributed by atoms with Crippen LogP contribution >= 0.6 is 24.1 Å². The number of fused-ring (bicyclic) bond motifs is 3. The summed E-state index contributed by atoms with van der Waals surface area (Å²) in [4.78, 5) is 20.0. The smallest absolute Gasteiger partial charge is 0.150 e. The molecule has 4 aromatic rings. The highest BCUT2D eigenvalue weighted by Gasteiger charge is 2.41. The number of anilines is 2. The lowest BCUT2D eigenvalue weighted by Gasteiger charge is -2.36. The molecule has 4 aromatic carbocycles. The number of aldehydes is 1. The number of benzene rings is 4. The predicted octanol–water partition coefficient (Wildman–Crippen LogP) is 8.88. The first-order chi connectivity index (χ1) is 21.4. The molecular weight excluding hydrogens is 637 g/mol. The van der Waals surface area contributed by atoms with Gasteiger partial charge in [0.25, 0.3) is 0 Å². The Morgan fingerprint density at radius 2 is 1.34 bits per heavy atom. The van der Waals surface area contributed by atoms with E-state index in [-0.39, 0.29) is 34.4 Å². The fourth-order valence-corrected chi connectivity index (χ4v) is 5.67. The van der Waals surface area contributed by atoms with Gasteiger partial charge in [-0.25, -0.2) is 0 Å². The average molecular weight is 685 g/mol. The van der Waals surface area contributed by atoms with Gasteiger partial charge in [0, 0.05) is 44.8 Å². The van der Waals surface area contributed by atoms with Gasteiger partial charge in [0.15, 0.2) is 0 Å². The summed E-state index contributed by atoms with van der Waals surface area (Å²) in [6, 6.07) is 29.8. The van der Waals surface area contributed by atoms with Crippen molar-refractivity contribution in [1.29, 1.82) is 0 Å². The first-order valence-corrected chi connectivity index (χ1v) is 15.3. The molecule has 10 nitrogen and oxygen atoms in total. The molecule has 7 N–H and O–H groups in total. The third-order valence-electron chi connectivity index (χ3n) is 7.08. The maximum Gasteiger partial charge on any atom is 0.150 e. The number of hydrogen-bond donors (Lipinski definition) is 4. The summed E-state index contributed by atoms with van der Waals surface area (Å²) in [6.45, 7) is 4.90. The predicted molar refractivity (Wildman–Crippen MR) is 193 cm³/mol. The van der Waals surface area contributed by atoms with Crippen LogP contribution in [-0.2, 0) is 23.4 Å². The maximum atomic E-state index is 10.1. The second-order valence-corrected chi connectivity index (χ2v) is 11.7. The van der Waals surface area contributed by atoms with Gasteiger partial charge >= 0.3 is 0 Å². The van der Waals surface area contributed by atoms with E-state index in [1.54, 1.807) is 24.3 Å². The number of hydrogen-bond acceptors (Lipinski definition) is 12. The first kappa shape index (κ1) is 41.6. The summed E-state index contributed by atoms with van der Waals surface area (Å²) < 4.78 is 15.2. The van der Waals surface area contributed by atoms with Crippen LogP contribution in [0, 0.1) is 19.8 Å². The highest BCUT2D eigenvalue weighted by Crippen LogP contribution is 2.50. The molecule has 0 bridgehead atoms. The Labute approximate surface area is 287 Å². The number of ether oxygens (including phenoxy) is 1. The average Bonchev–Trinajstić information content (AvgIpc) is 3.55. The van der Waals surface area contributed by atoms with Crippen molar-refractivity contribution in [2.45, 2.75) is 64.5 Å². The van der Waals surface area contributed by atoms with Gasteiger partial charge in [-0.15, -0.1) is 18.6 Å². The highest BCUT2D eigenvalue weighted by atomic mass is 32.2. The van der Waals surface area contributed by atoms with E-state index < -0.39 is 0 Å². The standard InChI is InChI=1S/C18H20N2O3S.C8H8O.C6H8N2O2S.3CH4/c1-11-2-4-12(5-3-11)17-14-8-9-21-18(14)15-10-13(24-23-22-19)6-7-16(15)20-17;1-7-2-4-8(6-9)5-3-7;7-5-1-3-6(4-2-5)11-10-9-8;;;/h2-7,10,14,17-18,20H,8-9,19H2,1H3;2-6H,1H3;1-4H,7-8H2;3*1H4. The van der Waals surface area contributed by atoms with Crippen LogP contribution in [0.5, 0.6) is 0 Å². The molecule has 6 rings (SSSR count). The minimum Gasteiger partial charge on any atom is -0.399 e. The Balaban J connectivity index is 0.000000403. The van der Waals surface area contributed by atoms with E-state index in [4.69, 9.17) is 20.7 Å². The van der Waals surface area contributed by atoms with E-state index in [9.17, 15) is 4.79 Å². The van der Waals surface area contributed by atoms with Crippen molar-refractivity contribution in [3.05, 3.63) is 119 Å². The zero-order chi connectivity index (χ0) is 31.3. The molecule has 2 heterocycles. The number of rotatable bonds is 8. The van der Waals surface area contributed by atoms with Crippen molar-refractivity contribution in [2.75, 3.05) is 17.7 Å². The topological polar surface area (TPSA) is 153 Å². The normalized spacial score (nSPS) is 16.8. The Bertz CT molecular complexity index is 1460. The lowest BCUT2D eigenvalue weighted by molar-refractivity contribution is -0.195.